The van der Waals surface area contributed by atoms with Gasteiger partial charge in [-0.2, -0.15) is 0 Å². The van der Waals surface area contributed by atoms with Crippen LogP contribution in [0.5, 0.6) is 0 Å². The van der Waals surface area contributed by atoms with E-state index in [1.807, 2.05) is 12.1 Å². The highest BCUT2D eigenvalue weighted by atomic mass is 16.3. The molecular weight excluding hydrogens is 232 g/mol. The van der Waals surface area contributed by atoms with Crippen LogP contribution in [0.3, 0.4) is 0 Å². The number of hydrogen-bond donors (Lipinski definition) is 0. The highest BCUT2D eigenvalue weighted by Crippen LogP contribution is 2.07. The van der Waals surface area contributed by atoms with Crippen molar-refractivity contribution in [1.82, 2.24) is 0 Å². The maximum atomic E-state index is 5.14. The van der Waals surface area contributed by atoms with Gasteiger partial charge < -0.3 is 4.42 Å². The number of benzene rings is 1. The van der Waals surface area contributed by atoms with Gasteiger partial charge in [0, 0.05) is 6.42 Å². The van der Waals surface area contributed by atoms with Crippen LogP contribution in [0.2, 0.25) is 0 Å². The zero-order chi connectivity index (χ0) is 14.1. The monoisotopic (exact) mass is 258 g/mol. The molecule has 2 rings (SSSR count). The Kier molecular flexibility index (Phi) is 7.02. The lowest BCUT2D eigenvalue weighted by Gasteiger charge is -2.02. The minimum absolute atomic E-state index is 0.691. The van der Waals surface area contributed by atoms with E-state index in [-0.39, 0.29) is 0 Å². The van der Waals surface area contributed by atoms with Crippen molar-refractivity contribution in [2.75, 3.05) is 0 Å². The summed E-state index contributed by atoms with van der Waals surface area (Å²) in [6.45, 7) is 8.85. The van der Waals surface area contributed by atoms with Crippen molar-refractivity contribution < 1.29 is 4.42 Å². The van der Waals surface area contributed by atoms with Gasteiger partial charge in [-0.15, -0.1) is 0 Å². The van der Waals surface area contributed by atoms with Gasteiger partial charge in [-0.3, -0.25) is 0 Å². The van der Waals surface area contributed by atoms with Crippen LogP contribution in [-0.4, -0.2) is 0 Å². The summed E-state index contributed by atoms with van der Waals surface area (Å²) in [5.74, 6) is 2.54. The Morgan fingerprint density at radius 1 is 0.789 bits per heavy atom. The summed E-state index contributed by atoms with van der Waals surface area (Å²) >= 11 is 0. The van der Waals surface area contributed by atoms with E-state index in [0.717, 1.165) is 18.1 Å². The van der Waals surface area contributed by atoms with E-state index in [1.165, 1.54) is 12.0 Å². The molecule has 104 valence electrons. The first-order chi connectivity index (χ1) is 9.08. The molecule has 0 saturated carbocycles. The second-order valence-electron chi connectivity index (χ2n) is 5.76. The molecule has 0 fully saturated rings. The van der Waals surface area contributed by atoms with Crippen LogP contribution < -0.4 is 0 Å². The third-order valence-corrected chi connectivity index (χ3v) is 2.68. The Bertz CT molecular complexity index is 412. The lowest BCUT2D eigenvalue weighted by molar-refractivity contribution is 0.472. The van der Waals surface area contributed by atoms with Gasteiger partial charge in [-0.25, -0.2) is 0 Å². The maximum Gasteiger partial charge on any atom is 0.104 e. The van der Waals surface area contributed by atoms with E-state index in [9.17, 15) is 0 Å². The number of furan rings is 1. The maximum absolute atomic E-state index is 5.14. The van der Waals surface area contributed by atoms with Crippen LogP contribution in [0.1, 0.15) is 39.0 Å². The fraction of sp³-hybridized carbons (Fsp3) is 0.444. The third kappa shape index (κ3) is 7.50. The van der Waals surface area contributed by atoms with E-state index in [4.69, 9.17) is 4.42 Å². The quantitative estimate of drug-likeness (QED) is 0.719. The summed E-state index contributed by atoms with van der Waals surface area (Å²) < 4.78 is 5.14. The standard InChI is InChI=1S/C10H14.C8H12O/c1-9(2)8-10-6-4-3-5-7-10;1-7(2)6-8-4-3-5-9-8/h3-7,9H,8H2,1-2H3;3-5,7H,6H2,1-2H3. The second-order valence-corrected chi connectivity index (χ2v) is 5.76. The Morgan fingerprint density at radius 3 is 1.89 bits per heavy atom. The van der Waals surface area contributed by atoms with E-state index in [0.29, 0.717) is 5.92 Å². The van der Waals surface area contributed by atoms with Gasteiger partial charge in [0.15, 0.2) is 0 Å². The first kappa shape index (κ1) is 15.6. The molecule has 0 aliphatic rings. The predicted octanol–water partition coefficient (Wildman–Crippen LogP) is 5.36. The Balaban J connectivity index is 0.000000191. The molecule has 0 bridgehead atoms. The lowest BCUT2D eigenvalue weighted by Crippen LogP contribution is -1.92. The molecule has 1 heteroatoms. The number of hydrogen-bond acceptors (Lipinski definition) is 1. The third-order valence-electron chi connectivity index (χ3n) is 2.68. The minimum atomic E-state index is 0.691. The molecule has 0 aliphatic heterocycles. The number of rotatable bonds is 4. The molecule has 1 nitrogen and oxygen atoms in total. The van der Waals surface area contributed by atoms with Crippen LogP contribution in [0.15, 0.2) is 53.1 Å². The topological polar surface area (TPSA) is 13.1 Å². The average molecular weight is 258 g/mol. The Labute approximate surface area is 117 Å². The smallest absolute Gasteiger partial charge is 0.104 e. The lowest BCUT2D eigenvalue weighted by atomic mass is 10.0. The van der Waals surface area contributed by atoms with Gasteiger partial charge in [-0.1, -0.05) is 58.0 Å². The van der Waals surface area contributed by atoms with Gasteiger partial charge in [-0.05, 0) is 36.0 Å². The zero-order valence-electron chi connectivity index (χ0n) is 12.6. The van der Waals surface area contributed by atoms with Gasteiger partial charge in [0.05, 0.1) is 6.26 Å². The first-order valence-electron chi connectivity index (χ1n) is 7.14. The zero-order valence-corrected chi connectivity index (χ0v) is 12.6. The summed E-state index contributed by atoms with van der Waals surface area (Å²) in [4.78, 5) is 0. The Morgan fingerprint density at radius 2 is 1.42 bits per heavy atom. The highest BCUT2D eigenvalue weighted by Gasteiger charge is 1.97. The van der Waals surface area contributed by atoms with Crippen molar-refractivity contribution in [3.8, 4) is 0 Å². The SMILES string of the molecule is CC(C)Cc1ccccc1.CC(C)Cc1ccco1. The van der Waals surface area contributed by atoms with E-state index in [1.54, 1.807) is 6.26 Å². The molecule has 0 N–H and O–H groups in total. The van der Waals surface area contributed by atoms with Crippen LogP contribution >= 0.6 is 0 Å². The second kappa shape index (κ2) is 8.58. The molecule has 0 amide bonds. The highest BCUT2D eigenvalue weighted by molar-refractivity contribution is 5.14. The molecule has 0 saturated heterocycles. The minimum Gasteiger partial charge on any atom is -0.469 e. The summed E-state index contributed by atoms with van der Waals surface area (Å²) in [5, 5.41) is 0. The van der Waals surface area contributed by atoms with Gasteiger partial charge in [0.1, 0.15) is 5.76 Å². The summed E-state index contributed by atoms with van der Waals surface area (Å²) in [6.07, 6.45) is 3.96. The van der Waals surface area contributed by atoms with Crippen LogP contribution in [0.25, 0.3) is 0 Å². The molecule has 1 aromatic carbocycles. The molecule has 0 spiro atoms. The predicted molar refractivity (Wildman–Crippen MR) is 82.2 cm³/mol. The van der Waals surface area contributed by atoms with Gasteiger partial charge >= 0.3 is 0 Å². The van der Waals surface area contributed by atoms with Crippen LogP contribution in [0, 0.1) is 11.8 Å². The fourth-order valence-electron chi connectivity index (χ4n) is 1.92. The largest absolute Gasteiger partial charge is 0.469 e. The van der Waals surface area contributed by atoms with Crippen molar-refractivity contribution in [3.63, 3.8) is 0 Å². The molecule has 0 unspecified atom stereocenters. The Hall–Kier alpha value is -1.50. The van der Waals surface area contributed by atoms with E-state index < -0.39 is 0 Å². The van der Waals surface area contributed by atoms with Gasteiger partial charge in [0.2, 0.25) is 0 Å². The van der Waals surface area contributed by atoms with Crippen LogP contribution in [-0.2, 0) is 12.8 Å². The van der Waals surface area contributed by atoms with Crippen molar-refractivity contribution in [1.29, 1.82) is 0 Å². The molecule has 19 heavy (non-hydrogen) atoms. The van der Waals surface area contributed by atoms with Crippen molar-refractivity contribution in [2.45, 2.75) is 40.5 Å². The van der Waals surface area contributed by atoms with Gasteiger partial charge in [0.25, 0.3) is 0 Å². The van der Waals surface area contributed by atoms with Crippen molar-refractivity contribution >= 4 is 0 Å². The molecule has 2 aromatic rings. The first-order valence-corrected chi connectivity index (χ1v) is 7.14. The van der Waals surface area contributed by atoms with Crippen molar-refractivity contribution in [3.05, 3.63) is 60.1 Å². The molecule has 1 aromatic heterocycles. The summed E-state index contributed by atoms with van der Waals surface area (Å²) in [6, 6.07) is 14.6. The normalized spacial score (nSPS) is 10.4. The molecule has 0 radical (unpaired) electrons. The summed E-state index contributed by atoms with van der Waals surface area (Å²) in [5.41, 5.74) is 1.44. The molecule has 1 heterocycles. The molecule has 0 aliphatic carbocycles. The van der Waals surface area contributed by atoms with E-state index in [2.05, 4.69) is 58.0 Å². The van der Waals surface area contributed by atoms with Crippen LogP contribution in [0.4, 0.5) is 0 Å². The van der Waals surface area contributed by atoms with E-state index >= 15 is 0 Å². The summed E-state index contributed by atoms with van der Waals surface area (Å²) in [7, 11) is 0. The van der Waals surface area contributed by atoms with Crippen molar-refractivity contribution in [2.24, 2.45) is 11.8 Å². The average Bonchev–Trinajstić information content (AvgIpc) is 2.82. The molecule has 0 atom stereocenters. The molecular formula is C18H26O. The fourth-order valence-corrected chi connectivity index (χ4v) is 1.92.